The molecule has 0 aliphatic carbocycles. The third-order valence-electron chi connectivity index (χ3n) is 3.62. The minimum absolute atomic E-state index is 0.0287. The van der Waals surface area contributed by atoms with Gasteiger partial charge >= 0.3 is 0 Å². The van der Waals surface area contributed by atoms with Crippen molar-refractivity contribution in [2.75, 3.05) is 12.4 Å². The van der Waals surface area contributed by atoms with Crippen LogP contribution in [0.3, 0.4) is 0 Å². The van der Waals surface area contributed by atoms with Crippen LogP contribution in [0.25, 0.3) is 0 Å². The Kier molecular flexibility index (Phi) is 7.17. The quantitative estimate of drug-likeness (QED) is 0.575. The van der Waals surface area contributed by atoms with Crippen molar-refractivity contribution in [2.45, 2.75) is 19.8 Å². The number of hydrogen-bond acceptors (Lipinski definition) is 4. The molecule has 26 heavy (non-hydrogen) atoms. The molecule has 0 bridgehead atoms. The maximum absolute atomic E-state index is 12.0. The van der Waals surface area contributed by atoms with E-state index in [1.165, 1.54) is 6.21 Å². The predicted molar refractivity (Wildman–Crippen MR) is 103 cm³/mol. The van der Waals surface area contributed by atoms with E-state index in [-0.39, 0.29) is 24.7 Å². The summed E-state index contributed by atoms with van der Waals surface area (Å²) in [6.45, 7) is 1.82. The van der Waals surface area contributed by atoms with Gasteiger partial charge in [0, 0.05) is 23.6 Å². The summed E-state index contributed by atoms with van der Waals surface area (Å²) >= 11 is 6.01. The standard InChI is InChI=1S/C19H20ClN3O3/c1-13-16(20)7-4-8-17(13)22-18(24)9-10-19(25)23-21-12-14-5-3-6-15(11-14)26-2/h3-8,11-12H,9-10H2,1-2H3,(H,22,24)(H,23,25)/b21-12-. The molecule has 0 saturated heterocycles. The summed E-state index contributed by atoms with van der Waals surface area (Å²) in [5, 5.41) is 7.20. The van der Waals surface area contributed by atoms with Crippen LogP contribution < -0.4 is 15.5 Å². The third-order valence-corrected chi connectivity index (χ3v) is 4.03. The monoisotopic (exact) mass is 373 g/mol. The summed E-state index contributed by atoms with van der Waals surface area (Å²) in [6, 6.07) is 12.5. The number of carbonyl (C=O) groups excluding carboxylic acids is 2. The first-order valence-electron chi connectivity index (χ1n) is 8.00. The van der Waals surface area contributed by atoms with E-state index in [0.29, 0.717) is 16.5 Å². The Hall–Kier alpha value is -2.86. The average molecular weight is 374 g/mol. The molecule has 0 aliphatic heterocycles. The Labute approximate surface area is 157 Å². The molecular weight excluding hydrogens is 354 g/mol. The number of hydrazone groups is 1. The lowest BCUT2D eigenvalue weighted by atomic mass is 10.2. The van der Waals surface area contributed by atoms with E-state index in [1.807, 2.05) is 25.1 Å². The van der Waals surface area contributed by atoms with Crippen LogP contribution in [-0.2, 0) is 9.59 Å². The predicted octanol–water partition coefficient (Wildman–Crippen LogP) is 3.53. The minimum Gasteiger partial charge on any atom is -0.497 e. The van der Waals surface area contributed by atoms with E-state index in [4.69, 9.17) is 16.3 Å². The van der Waals surface area contributed by atoms with Gasteiger partial charge in [-0.15, -0.1) is 0 Å². The lowest BCUT2D eigenvalue weighted by Gasteiger charge is -2.09. The van der Waals surface area contributed by atoms with E-state index in [1.54, 1.807) is 31.4 Å². The number of hydrogen-bond donors (Lipinski definition) is 2. The van der Waals surface area contributed by atoms with Gasteiger partial charge in [0.2, 0.25) is 11.8 Å². The van der Waals surface area contributed by atoms with Crippen LogP contribution >= 0.6 is 11.6 Å². The molecule has 0 spiro atoms. The van der Waals surface area contributed by atoms with Crippen molar-refractivity contribution in [3.63, 3.8) is 0 Å². The number of nitrogens with zero attached hydrogens (tertiary/aromatic N) is 1. The highest BCUT2D eigenvalue weighted by molar-refractivity contribution is 6.31. The minimum atomic E-state index is -0.345. The molecule has 2 rings (SSSR count). The van der Waals surface area contributed by atoms with Crippen molar-refractivity contribution >= 4 is 35.3 Å². The Morgan fingerprint density at radius 1 is 1.15 bits per heavy atom. The Balaban J connectivity index is 1.78. The van der Waals surface area contributed by atoms with Gasteiger partial charge in [0.15, 0.2) is 0 Å². The van der Waals surface area contributed by atoms with Crippen LogP contribution in [0.15, 0.2) is 47.6 Å². The van der Waals surface area contributed by atoms with E-state index >= 15 is 0 Å². The lowest BCUT2D eigenvalue weighted by Crippen LogP contribution is -2.20. The highest BCUT2D eigenvalue weighted by Gasteiger charge is 2.09. The van der Waals surface area contributed by atoms with Gasteiger partial charge < -0.3 is 10.1 Å². The van der Waals surface area contributed by atoms with Crippen molar-refractivity contribution in [2.24, 2.45) is 5.10 Å². The lowest BCUT2D eigenvalue weighted by molar-refractivity contribution is -0.124. The molecule has 0 radical (unpaired) electrons. The molecule has 0 aliphatic rings. The molecule has 0 heterocycles. The summed E-state index contributed by atoms with van der Waals surface area (Å²) in [7, 11) is 1.58. The molecule has 7 heteroatoms. The number of rotatable bonds is 7. The molecule has 2 amide bonds. The maximum Gasteiger partial charge on any atom is 0.240 e. The molecular formula is C19H20ClN3O3. The first-order valence-corrected chi connectivity index (χ1v) is 8.38. The van der Waals surface area contributed by atoms with Crippen LogP contribution in [0.1, 0.15) is 24.0 Å². The number of benzene rings is 2. The second kappa shape index (κ2) is 9.58. The van der Waals surface area contributed by atoms with E-state index in [9.17, 15) is 9.59 Å². The van der Waals surface area contributed by atoms with Crippen LogP contribution in [0, 0.1) is 6.92 Å². The summed E-state index contributed by atoms with van der Waals surface area (Å²) in [4.78, 5) is 23.7. The summed E-state index contributed by atoms with van der Waals surface area (Å²) < 4.78 is 5.11. The molecule has 2 N–H and O–H groups in total. The number of nitrogens with one attached hydrogen (secondary N) is 2. The molecule has 0 aromatic heterocycles. The van der Waals surface area contributed by atoms with Gasteiger partial charge in [0.1, 0.15) is 5.75 Å². The summed E-state index contributed by atoms with van der Waals surface area (Å²) in [5.41, 5.74) is 4.61. The number of carbonyl (C=O) groups is 2. The largest absolute Gasteiger partial charge is 0.497 e. The third kappa shape index (κ3) is 5.89. The van der Waals surface area contributed by atoms with Crippen LogP contribution in [0.4, 0.5) is 5.69 Å². The van der Waals surface area contributed by atoms with E-state index in [0.717, 1.165) is 11.1 Å². The normalized spacial score (nSPS) is 10.6. The van der Waals surface area contributed by atoms with Crippen molar-refractivity contribution < 1.29 is 14.3 Å². The number of anilines is 1. The fourth-order valence-corrected chi connectivity index (χ4v) is 2.31. The fourth-order valence-electron chi connectivity index (χ4n) is 2.14. The molecule has 6 nitrogen and oxygen atoms in total. The number of amides is 2. The molecule has 2 aromatic rings. The number of ether oxygens (including phenoxy) is 1. The second-order valence-corrected chi connectivity index (χ2v) is 5.94. The van der Waals surface area contributed by atoms with Gasteiger partial charge in [0.05, 0.1) is 13.3 Å². The van der Waals surface area contributed by atoms with Crippen molar-refractivity contribution in [1.82, 2.24) is 5.43 Å². The van der Waals surface area contributed by atoms with Crippen molar-refractivity contribution in [3.8, 4) is 5.75 Å². The Morgan fingerprint density at radius 2 is 1.88 bits per heavy atom. The molecule has 0 saturated carbocycles. The Morgan fingerprint density at radius 3 is 2.65 bits per heavy atom. The second-order valence-electron chi connectivity index (χ2n) is 5.53. The molecule has 0 atom stereocenters. The molecule has 0 fully saturated rings. The summed E-state index contributed by atoms with van der Waals surface area (Å²) in [5.74, 6) is 0.0951. The van der Waals surface area contributed by atoms with Gasteiger partial charge in [0.25, 0.3) is 0 Å². The van der Waals surface area contributed by atoms with Crippen LogP contribution in [0.2, 0.25) is 5.02 Å². The first kappa shape index (κ1) is 19.5. The van der Waals surface area contributed by atoms with Gasteiger partial charge in [-0.05, 0) is 42.3 Å². The average Bonchev–Trinajstić information content (AvgIpc) is 2.64. The highest BCUT2D eigenvalue weighted by Crippen LogP contribution is 2.23. The first-order chi connectivity index (χ1) is 12.5. The van der Waals surface area contributed by atoms with Gasteiger partial charge in [-0.3, -0.25) is 9.59 Å². The zero-order chi connectivity index (χ0) is 18.9. The van der Waals surface area contributed by atoms with Crippen LogP contribution in [0.5, 0.6) is 5.75 Å². The topological polar surface area (TPSA) is 79.8 Å². The smallest absolute Gasteiger partial charge is 0.240 e. The maximum atomic E-state index is 12.0. The molecule has 2 aromatic carbocycles. The van der Waals surface area contributed by atoms with Gasteiger partial charge in [-0.25, -0.2) is 5.43 Å². The summed E-state index contributed by atoms with van der Waals surface area (Å²) in [6.07, 6.45) is 1.59. The van der Waals surface area contributed by atoms with Crippen LogP contribution in [-0.4, -0.2) is 25.1 Å². The number of methoxy groups -OCH3 is 1. The van der Waals surface area contributed by atoms with E-state index in [2.05, 4.69) is 15.8 Å². The van der Waals surface area contributed by atoms with Crippen molar-refractivity contribution in [3.05, 3.63) is 58.6 Å². The van der Waals surface area contributed by atoms with E-state index < -0.39 is 0 Å². The van der Waals surface area contributed by atoms with Gasteiger partial charge in [-0.2, -0.15) is 5.10 Å². The molecule has 0 unspecified atom stereocenters. The van der Waals surface area contributed by atoms with Crippen molar-refractivity contribution in [1.29, 1.82) is 0 Å². The Bertz CT molecular complexity index is 821. The highest BCUT2D eigenvalue weighted by atomic mass is 35.5. The fraction of sp³-hybridized carbons (Fsp3) is 0.211. The number of halogens is 1. The zero-order valence-electron chi connectivity index (χ0n) is 14.6. The zero-order valence-corrected chi connectivity index (χ0v) is 15.3. The SMILES string of the molecule is COc1cccc(/C=N\NC(=O)CCC(=O)Nc2cccc(Cl)c2C)c1. The van der Waals surface area contributed by atoms with Gasteiger partial charge in [-0.1, -0.05) is 29.8 Å². The molecule has 136 valence electrons.